The summed E-state index contributed by atoms with van der Waals surface area (Å²) in [6.45, 7) is 6.25. The molecular weight excluding hydrogens is 228 g/mol. The zero-order valence-electron chi connectivity index (χ0n) is 11.5. The van der Waals surface area contributed by atoms with Crippen LogP contribution in [-0.4, -0.2) is 36.3 Å². The molecule has 102 valence electrons. The van der Waals surface area contributed by atoms with Gasteiger partial charge in [-0.3, -0.25) is 9.59 Å². The van der Waals surface area contributed by atoms with Gasteiger partial charge in [0, 0.05) is 32.0 Å². The first-order valence-corrected chi connectivity index (χ1v) is 7.06. The second kappa shape index (κ2) is 5.29. The molecule has 2 aliphatic rings. The normalized spacial score (nSPS) is 28.4. The highest BCUT2D eigenvalue weighted by Crippen LogP contribution is 2.41. The van der Waals surface area contributed by atoms with Crippen molar-refractivity contribution in [3.8, 4) is 0 Å². The van der Waals surface area contributed by atoms with Gasteiger partial charge in [0.2, 0.25) is 11.8 Å². The Morgan fingerprint density at radius 1 is 1.33 bits per heavy atom. The molecule has 1 saturated carbocycles. The maximum Gasteiger partial charge on any atom is 0.226 e. The number of nitrogens with one attached hydrogen (secondary N) is 1. The van der Waals surface area contributed by atoms with E-state index in [1.54, 1.807) is 0 Å². The van der Waals surface area contributed by atoms with E-state index in [4.69, 9.17) is 0 Å². The molecule has 1 saturated heterocycles. The number of carbonyl (C=O) groups is 2. The predicted molar refractivity (Wildman–Crippen MR) is 69.9 cm³/mol. The summed E-state index contributed by atoms with van der Waals surface area (Å²) < 4.78 is 0. The van der Waals surface area contributed by atoms with Crippen molar-refractivity contribution in [3.63, 3.8) is 0 Å². The minimum Gasteiger partial charge on any atom is -0.354 e. The molecule has 18 heavy (non-hydrogen) atoms. The lowest BCUT2D eigenvalue weighted by Crippen LogP contribution is -2.44. The fourth-order valence-electron chi connectivity index (χ4n) is 3.16. The first-order valence-electron chi connectivity index (χ1n) is 7.06. The van der Waals surface area contributed by atoms with E-state index in [0.717, 1.165) is 19.3 Å². The van der Waals surface area contributed by atoms with E-state index in [-0.39, 0.29) is 23.1 Å². The van der Waals surface area contributed by atoms with E-state index in [1.165, 1.54) is 6.42 Å². The van der Waals surface area contributed by atoms with Crippen LogP contribution in [0.15, 0.2) is 0 Å². The van der Waals surface area contributed by atoms with Crippen LogP contribution < -0.4 is 5.32 Å². The van der Waals surface area contributed by atoms with Gasteiger partial charge in [0.25, 0.3) is 0 Å². The zero-order valence-corrected chi connectivity index (χ0v) is 11.5. The second-order valence-electron chi connectivity index (χ2n) is 6.21. The molecule has 2 amide bonds. The first-order chi connectivity index (χ1) is 8.50. The van der Waals surface area contributed by atoms with Crippen molar-refractivity contribution in [2.24, 2.45) is 11.3 Å². The molecule has 1 heterocycles. The molecule has 0 aromatic heterocycles. The van der Waals surface area contributed by atoms with Crippen LogP contribution in [0.4, 0.5) is 0 Å². The van der Waals surface area contributed by atoms with Gasteiger partial charge in [0.15, 0.2) is 0 Å². The van der Waals surface area contributed by atoms with Crippen LogP contribution in [0.3, 0.4) is 0 Å². The fraction of sp³-hybridized carbons (Fsp3) is 0.857. The lowest BCUT2D eigenvalue weighted by atomic mass is 9.68. The Morgan fingerprint density at radius 3 is 2.83 bits per heavy atom. The van der Waals surface area contributed by atoms with Crippen LogP contribution in [0.2, 0.25) is 0 Å². The smallest absolute Gasteiger partial charge is 0.226 e. The standard InChI is InChI=1S/C14H24N2O2/c1-14(2)7-4-3-5-11(14)13(18)16-9-6-12(17)15-8-10-16/h11H,3-10H2,1-2H3,(H,15,17). The summed E-state index contributed by atoms with van der Waals surface area (Å²) in [4.78, 5) is 25.8. The lowest BCUT2D eigenvalue weighted by molar-refractivity contribution is -0.141. The van der Waals surface area contributed by atoms with E-state index in [2.05, 4.69) is 19.2 Å². The van der Waals surface area contributed by atoms with Crippen LogP contribution in [0.25, 0.3) is 0 Å². The SMILES string of the molecule is CC1(C)CCCCC1C(=O)N1CCNC(=O)CC1. The second-order valence-corrected chi connectivity index (χ2v) is 6.21. The topological polar surface area (TPSA) is 49.4 Å². The maximum atomic E-state index is 12.6. The van der Waals surface area contributed by atoms with Gasteiger partial charge < -0.3 is 10.2 Å². The highest BCUT2D eigenvalue weighted by atomic mass is 16.2. The lowest BCUT2D eigenvalue weighted by Gasteiger charge is -2.40. The van der Waals surface area contributed by atoms with Crippen LogP contribution in [0.5, 0.6) is 0 Å². The zero-order chi connectivity index (χ0) is 13.2. The highest BCUT2D eigenvalue weighted by molar-refractivity contribution is 5.82. The van der Waals surface area contributed by atoms with Crippen molar-refractivity contribution in [1.29, 1.82) is 0 Å². The van der Waals surface area contributed by atoms with Gasteiger partial charge in [0.05, 0.1) is 0 Å². The van der Waals surface area contributed by atoms with Crippen LogP contribution in [0, 0.1) is 11.3 Å². The molecule has 0 aromatic rings. The molecule has 1 aliphatic carbocycles. The number of rotatable bonds is 1. The molecule has 4 heteroatoms. The molecule has 1 N–H and O–H groups in total. The van der Waals surface area contributed by atoms with Gasteiger partial charge in [0.1, 0.15) is 0 Å². The molecule has 4 nitrogen and oxygen atoms in total. The van der Waals surface area contributed by atoms with Crippen molar-refractivity contribution in [2.45, 2.75) is 46.0 Å². The Morgan fingerprint density at radius 2 is 2.11 bits per heavy atom. The third-order valence-electron chi connectivity index (χ3n) is 4.43. The van der Waals surface area contributed by atoms with Gasteiger partial charge in [-0.15, -0.1) is 0 Å². The monoisotopic (exact) mass is 252 g/mol. The average Bonchev–Trinajstić information content (AvgIpc) is 2.53. The predicted octanol–water partition coefficient (Wildman–Crippen LogP) is 1.55. The summed E-state index contributed by atoms with van der Waals surface area (Å²) in [5, 5.41) is 2.82. The Hall–Kier alpha value is -1.06. The van der Waals surface area contributed by atoms with Crippen LogP contribution >= 0.6 is 0 Å². The Bertz CT molecular complexity index is 339. The number of nitrogens with zero attached hydrogens (tertiary/aromatic N) is 1. The molecule has 0 spiro atoms. The Kier molecular flexibility index (Phi) is 3.93. The minimum absolute atomic E-state index is 0.0632. The van der Waals surface area contributed by atoms with Gasteiger partial charge >= 0.3 is 0 Å². The quantitative estimate of drug-likeness (QED) is 0.770. The summed E-state index contributed by atoms with van der Waals surface area (Å²) in [6, 6.07) is 0. The molecule has 2 fully saturated rings. The summed E-state index contributed by atoms with van der Waals surface area (Å²) in [7, 11) is 0. The molecule has 1 atom stereocenters. The van der Waals surface area contributed by atoms with Crippen molar-refractivity contribution < 1.29 is 9.59 Å². The number of carbonyl (C=O) groups excluding carboxylic acids is 2. The van der Waals surface area contributed by atoms with E-state index >= 15 is 0 Å². The number of amides is 2. The van der Waals surface area contributed by atoms with Crippen LogP contribution in [-0.2, 0) is 9.59 Å². The van der Waals surface area contributed by atoms with Gasteiger partial charge in [-0.2, -0.15) is 0 Å². The molecular formula is C14H24N2O2. The van der Waals surface area contributed by atoms with Gasteiger partial charge in [-0.05, 0) is 18.3 Å². The minimum atomic E-state index is 0.0632. The van der Waals surface area contributed by atoms with E-state index in [0.29, 0.717) is 26.1 Å². The van der Waals surface area contributed by atoms with E-state index in [9.17, 15) is 9.59 Å². The number of hydrogen-bond acceptors (Lipinski definition) is 2. The van der Waals surface area contributed by atoms with Gasteiger partial charge in [-0.25, -0.2) is 0 Å². The van der Waals surface area contributed by atoms with Crippen molar-refractivity contribution >= 4 is 11.8 Å². The van der Waals surface area contributed by atoms with Crippen molar-refractivity contribution in [3.05, 3.63) is 0 Å². The average molecular weight is 252 g/mol. The highest BCUT2D eigenvalue weighted by Gasteiger charge is 2.39. The van der Waals surface area contributed by atoms with Gasteiger partial charge in [-0.1, -0.05) is 26.7 Å². The largest absolute Gasteiger partial charge is 0.354 e. The molecule has 2 rings (SSSR count). The summed E-state index contributed by atoms with van der Waals surface area (Å²) in [5.41, 5.74) is 0.110. The Labute approximate surface area is 109 Å². The van der Waals surface area contributed by atoms with Crippen LogP contribution in [0.1, 0.15) is 46.0 Å². The summed E-state index contributed by atoms with van der Waals surface area (Å²) in [5.74, 6) is 0.462. The first kappa shape index (κ1) is 13.4. The molecule has 0 bridgehead atoms. The fourth-order valence-corrected chi connectivity index (χ4v) is 3.16. The van der Waals surface area contributed by atoms with Crippen molar-refractivity contribution in [2.75, 3.05) is 19.6 Å². The third-order valence-corrected chi connectivity index (χ3v) is 4.43. The third kappa shape index (κ3) is 2.85. The molecule has 0 radical (unpaired) electrons. The summed E-state index contributed by atoms with van der Waals surface area (Å²) >= 11 is 0. The summed E-state index contributed by atoms with van der Waals surface area (Å²) in [6.07, 6.45) is 4.97. The van der Waals surface area contributed by atoms with E-state index < -0.39 is 0 Å². The van der Waals surface area contributed by atoms with E-state index in [1.807, 2.05) is 4.90 Å². The molecule has 1 unspecified atom stereocenters. The molecule has 0 aromatic carbocycles. The number of hydrogen-bond donors (Lipinski definition) is 1. The maximum absolute atomic E-state index is 12.6. The Balaban J connectivity index is 2.03. The molecule has 1 aliphatic heterocycles. The van der Waals surface area contributed by atoms with Crippen molar-refractivity contribution in [1.82, 2.24) is 10.2 Å².